The number of carboxylic acid groups (broad SMARTS) is 1. The molecule has 0 saturated heterocycles. The summed E-state index contributed by atoms with van der Waals surface area (Å²) in [6, 6.07) is 13.7. The number of fused-ring (bicyclic) bond motifs is 3. The van der Waals surface area contributed by atoms with E-state index in [1.165, 1.54) is 12.4 Å². The fourth-order valence-corrected chi connectivity index (χ4v) is 3.32. The molecule has 2 aromatic carbocycles. The van der Waals surface area contributed by atoms with Crippen LogP contribution in [0.5, 0.6) is 0 Å². The summed E-state index contributed by atoms with van der Waals surface area (Å²) in [4.78, 5) is 31.4. The predicted octanol–water partition coefficient (Wildman–Crippen LogP) is 3.55. The Morgan fingerprint density at radius 1 is 1.00 bits per heavy atom. The van der Waals surface area contributed by atoms with E-state index in [0.29, 0.717) is 5.69 Å². The molecule has 0 radical (unpaired) electrons. The van der Waals surface area contributed by atoms with Gasteiger partial charge in [0.2, 0.25) is 0 Å². The number of amides is 1. The molecule has 0 bridgehead atoms. The van der Waals surface area contributed by atoms with Crippen LogP contribution >= 0.6 is 0 Å². The highest BCUT2D eigenvalue weighted by atomic mass is 16.4. The molecule has 0 aliphatic carbocycles. The van der Waals surface area contributed by atoms with Gasteiger partial charge in [-0.15, -0.1) is 0 Å². The molecule has 2 aromatic heterocycles. The minimum Gasteiger partial charge on any atom is -0.476 e. The molecule has 7 heteroatoms. The van der Waals surface area contributed by atoms with Gasteiger partial charge >= 0.3 is 5.97 Å². The first-order chi connectivity index (χ1) is 13.1. The van der Waals surface area contributed by atoms with E-state index in [0.717, 1.165) is 28.4 Å². The monoisotopic (exact) mass is 360 g/mol. The Morgan fingerprint density at radius 2 is 1.70 bits per heavy atom. The van der Waals surface area contributed by atoms with E-state index < -0.39 is 11.9 Å². The van der Waals surface area contributed by atoms with Crippen LogP contribution in [0, 0.1) is 0 Å². The third-order valence-corrected chi connectivity index (χ3v) is 4.46. The van der Waals surface area contributed by atoms with Crippen molar-refractivity contribution >= 4 is 39.4 Å². The Labute approximate surface area is 154 Å². The summed E-state index contributed by atoms with van der Waals surface area (Å²) in [5, 5.41) is 14.0. The number of nitrogens with one attached hydrogen (secondary N) is 1. The normalized spacial score (nSPS) is 11.0. The maximum absolute atomic E-state index is 12.5. The van der Waals surface area contributed by atoms with Crippen LogP contribution in [0.2, 0.25) is 0 Å². The van der Waals surface area contributed by atoms with E-state index in [9.17, 15) is 14.7 Å². The highest BCUT2D eigenvalue weighted by Crippen LogP contribution is 2.31. The number of para-hydroxylation sites is 1. The number of nitrogens with zero attached hydrogens (tertiary/aromatic N) is 3. The number of carboxylic acids is 1. The van der Waals surface area contributed by atoms with Gasteiger partial charge in [0.25, 0.3) is 5.91 Å². The average molecular weight is 360 g/mol. The Balaban J connectivity index is 1.76. The minimum atomic E-state index is -1.30. The van der Waals surface area contributed by atoms with Gasteiger partial charge in [0.1, 0.15) is 0 Å². The molecular formula is C20H16N4O3. The molecule has 0 aliphatic rings. The number of hydrogen-bond acceptors (Lipinski definition) is 4. The average Bonchev–Trinajstić information content (AvgIpc) is 3.01. The lowest BCUT2D eigenvalue weighted by atomic mass is 10.1. The van der Waals surface area contributed by atoms with Crippen LogP contribution in [0.3, 0.4) is 0 Å². The maximum Gasteiger partial charge on any atom is 0.356 e. The molecule has 2 N–H and O–H groups in total. The van der Waals surface area contributed by atoms with Crippen molar-refractivity contribution in [2.75, 3.05) is 5.32 Å². The van der Waals surface area contributed by atoms with Crippen molar-refractivity contribution in [1.82, 2.24) is 14.5 Å². The molecule has 0 saturated carbocycles. The van der Waals surface area contributed by atoms with Gasteiger partial charge in [0.15, 0.2) is 11.4 Å². The summed E-state index contributed by atoms with van der Waals surface area (Å²) in [7, 11) is 0. The van der Waals surface area contributed by atoms with Crippen LogP contribution < -0.4 is 5.32 Å². The van der Waals surface area contributed by atoms with Crippen LogP contribution in [0.4, 0.5) is 5.69 Å². The third-order valence-electron chi connectivity index (χ3n) is 4.46. The lowest BCUT2D eigenvalue weighted by Gasteiger charge is -2.07. The Bertz CT molecular complexity index is 1200. The number of aryl methyl sites for hydroxylation is 1. The molecule has 0 aliphatic heterocycles. The van der Waals surface area contributed by atoms with Crippen molar-refractivity contribution < 1.29 is 14.7 Å². The number of benzene rings is 2. The van der Waals surface area contributed by atoms with Crippen molar-refractivity contribution in [3.05, 3.63) is 66.2 Å². The lowest BCUT2D eigenvalue weighted by molar-refractivity contribution is 0.0685. The highest BCUT2D eigenvalue weighted by Gasteiger charge is 2.20. The fraction of sp³-hybridized carbons (Fsp3) is 0.100. The molecule has 0 atom stereocenters. The largest absolute Gasteiger partial charge is 0.476 e. The van der Waals surface area contributed by atoms with Crippen molar-refractivity contribution in [3.8, 4) is 0 Å². The summed E-state index contributed by atoms with van der Waals surface area (Å²) < 4.78 is 2.21. The lowest BCUT2D eigenvalue weighted by Crippen LogP contribution is -2.19. The first-order valence-corrected chi connectivity index (χ1v) is 8.46. The minimum absolute atomic E-state index is 0.221. The number of aromatic carboxylic acids is 1. The van der Waals surface area contributed by atoms with Crippen molar-refractivity contribution in [3.63, 3.8) is 0 Å². The van der Waals surface area contributed by atoms with Crippen LogP contribution in [0.1, 0.15) is 27.9 Å². The number of carbonyl (C=O) groups is 2. The van der Waals surface area contributed by atoms with Gasteiger partial charge < -0.3 is 15.0 Å². The first-order valence-electron chi connectivity index (χ1n) is 8.46. The summed E-state index contributed by atoms with van der Waals surface area (Å²) in [6.07, 6.45) is 2.53. The Hall–Kier alpha value is -3.74. The molecule has 0 unspecified atom stereocenters. The topological polar surface area (TPSA) is 97.1 Å². The van der Waals surface area contributed by atoms with Gasteiger partial charge in [-0.25, -0.2) is 14.8 Å². The molecule has 1 amide bonds. The van der Waals surface area contributed by atoms with Crippen molar-refractivity contribution in [2.45, 2.75) is 13.5 Å². The number of hydrogen-bond donors (Lipinski definition) is 2. The second kappa shape index (κ2) is 6.53. The second-order valence-electron chi connectivity index (χ2n) is 6.01. The Kier molecular flexibility index (Phi) is 4.04. The van der Waals surface area contributed by atoms with E-state index in [-0.39, 0.29) is 11.4 Å². The quantitative estimate of drug-likeness (QED) is 0.580. The van der Waals surface area contributed by atoms with E-state index in [4.69, 9.17) is 0 Å². The van der Waals surface area contributed by atoms with Gasteiger partial charge in [-0.3, -0.25) is 4.79 Å². The zero-order valence-corrected chi connectivity index (χ0v) is 14.5. The van der Waals surface area contributed by atoms with Gasteiger partial charge in [-0.2, -0.15) is 0 Å². The number of carbonyl (C=O) groups excluding carboxylic acids is 1. The zero-order chi connectivity index (χ0) is 19.0. The van der Waals surface area contributed by atoms with Crippen LogP contribution in [0.25, 0.3) is 21.8 Å². The number of rotatable bonds is 4. The molecule has 7 nitrogen and oxygen atoms in total. The van der Waals surface area contributed by atoms with Crippen LogP contribution in [-0.4, -0.2) is 31.5 Å². The van der Waals surface area contributed by atoms with E-state index in [1.807, 2.05) is 30.3 Å². The standard InChI is InChI=1S/C20H16N4O3/c1-2-24-15-6-4-3-5-13(15)14-11-12(7-8-16(14)24)23-19(25)17-18(20(26)27)22-10-9-21-17/h3-11H,2H2,1H3,(H,23,25)(H,26,27). The molecule has 134 valence electrons. The van der Waals surface area contributed by atoms with Crippen molar-refractivity contribution in [2.24, 2.45) is 0 Å². The molecule has 4 aromatic rings. The summed E-state index contributed by atoms with van der Waals surface area (Å²) in [5.74, 6) is -1.91. The highest BCUT2D eigenvalue weighted by molar-refractivity contribution is 6.12. The zero-order valence-electron chi connectivity index (χ0n) is 14.5. The van der Waals surface area contributed by atoms with E-state index in [2.05, 4.69) is 32.8 Å². The van der Waals surface area contributed by atoms with Crippen LogP contribution in [-0.2, 0) is 6.54 Å². The number of aromatic nitrogens is 3. The Morgan fingerprint density at radius 3 is 2.44 bits per heavy atom. The smallest absolute Gasteiger partial charge is 0.356 e. The van der Waals surface area contributed by atoms with Crippen molar-refractivity contribution in [1.29, 1.82) is 0 Å². The molecule has 0 fully saturated rings. The third kappa shape index (κ3) is 2.79. The fourth-order valence-electron chi connectivity index (χ4n) is 3.32. The summed E-state index contributed by atoms with van der Waals surface area (Å²) in [6.45, 7) is 2.92. The van der Waals surface area contributed by atoms with Gasteiger partial charge in [0, 0.05) is 46.4 Å². The molecule has 4 rings (SSSR count). The SMILES string of the molecule is CCn1c2ccccc2c2cc(NC(=O)c3nccnc3C(=O)O)ccc21. The summed E-state index contributed by atoms with van der Waals surface area (Å²) >= 11 is 0. The molecule has 27 heavy (non-hydrogen) atoms. The summed E-state index contributed by atoms with van der Waals surface area (Å²) in [5.41, 5.74) is 2.16. The van der Waals surface area contributed by atoms with Gasteiger partial charge in [-0.1, -0.05) is 18.2 Å². The van der Waals surface area contributed by atoms with E-state index >= 15 is 0 Å². The molecule has 0 spiro atoms. The number of anilines is 1. The van der Waals surface area contributed by atoms with Crippen LogP contribution in [0.15, 0.2) is 54.9 Å². The molecule has 2 heterocycles. The molecular weight excluding hydrogens is 344 g/mol. The van der Waals surface area contributed by atoms with Gasteiger partial charge in [-0.05, 0) is 31.2 Å². The van der Waals surface area contributed by atoms with Gasteiger partial charge in [0.05, 0.1) is 0 Å². The predicted molar refractivity (Wildman–Crippen MR) is 102 cm³/mol. The van der Waals surface area contributed by atoms with E-state index in [1.54, 1.807) is 6.07 Å². The second-order valence-corrected chi connectivity index (χ2v) is 6.01. The maximum atomic E-state index is 12.5. The first kappa shape index (κ1) is 16.7.